The Bertz CT molecular complexity index is 708. The van der Waals surface area contributed by atoms with Crippen LogP contribution < -0.4 is 5.56 Å². The Labute approximate surface area is 113 Å². The number of aliphatic hydroxyl groups excluding tert-OH is 1. The first-order valence-corrected chi connectivity index (χ1v) is 6.02. The second kappa shape index (κ2) is 5.03. The summed E-state index contributed by atoms with van der Waals surface area (Å²) in [7, 11) is 0. The van der Waals surface area contributed by atoms with E-state index >= 15 is 0 Å². The molecule has 0 aliphatic carbocycles. The Balaban J connectivity index is 2.83. The fraction of sp³-hybridized carbons (Fsp3) is 0.231. The van der Waals surface area contributed by atoms with E-state index in [2.05, 4.69) is 0 Å². The molecule has 1 aromatic heterocycles. The topological polar surface area (TPSA) is 79.5 Å². The number of halogens is 1. The van der Waals surface area contributed by atoms with Crippen LogP contribution in [0.25, 0.3) is 10.8 Å². The molecule has 6 heteroatoms. The maximum absolute atomic E-state index is 12.2. The minimum Gasteiger partial charge on any atom is -0.478 e. The second-order valence-corrected chi connectivity index (χ2v) is 4.66. The quantitative estimate of drug-likeness (QED) is 0.901. The van der Waals surface area contributed by atoms with Crippen LogP contribution in [0.1, 0.15) is 23.3 Å². The fourth-order valence-corrected chi connectivity index (χ4v) is 2.21. The van der Waals surface area contributed by atoms with Crippen molar-refractivity contribution in [2.45, 2.75) is 13.0 Å². The lowest BCUT2D eigenvalue weighted by atomic mass is 10.1. The molecule has 1 atom stereocenters. The van der Waals surface area contributed by atoms with Gasteiger partial charge < -0.3 is 14.8 Å². The molecule has 0 aliphatic heterocycles. The smallest absolute Gasteiger partial charge is 0.337 e. The lowest BCUT2D eigenvalue weighted by Crippen LogP contribution is -2.25. The van der Waals surface area contributed by atoms with Gasteiger partial charge in [-0.05, 0) is 25.1 Å². The van der Waals surface area contributed by atoms with E-state index in [9.17, 15) is 9.59 Å². The largest absolute Gasteiger partial charge is 0.478 e. The molecule has 2 aromatic rings. The summed E-state index contributed by atoms with van der Waals surface area (Å²) in [6.45, 7) is 1.52. The first-order chi connectivity index (χ1) is 8.97. The number of aliphatic hydroxyl groups is 1. The second-order valence-electron chi connectivity index (χ2n) is 4.25. The number of hydrogen-bond acceptors (Lipinski definition) is 3. The number of carbonyl (C=O) groups is 1. The van der Waals surface area contributed by atoms with Gasteiger partial charge in [-0.2, -0.15) is 0 Å². The van der Waals surface area contributed by atoms with Gasteiger partial charge in [-0.1, -0.05) is 11.6 Å². The molecule has 5 nitrogen and oxygen atoms in total. The van der Waals surface area contributed by atoms with Crippen LogP contribution in [0, 0.1) is 0 Å². The standard InChI is InChI=1S/C13H12ClNO4/c1-7(6-16)15-5-4-8-9(12(15)17)2-3-10(14)11(8)13(18)19/h2-5,7,16H,6H2,1H3,(H,18,19). The van der Waals surface area contributed by atoms with Crippen LogP contribution in [-0.4, -0.2) is 27.4 Å². The molecule has 0 aliphatic rings. The van der Waals surface area contributed by atoms with E-state index in [0.717, 1.165) is 0 Å². The molecule has 0 spiro atoms. The molecule has 0 amide bonds. The Kier molecular flexibility index (Phi) is 3.59. The minimum absolute atomic E-state index is 0.0833. The molecule has 2 rings (SSSR count). The Morgan fingerprint density at radius 3 is 2.63 bits per heavy atom. The maximum Gasteiger partial charge on any atom is 0.337 e. The number of nitrogens with zero attached hydrogens (tertiary/aromatic N) is 1. The summed E-state index contributed by atoms with van der Waals surface area (Å²) >= 11 is 5.85. The Hall–Kier alpha value is -1.85. The molecule has 100 valence electrons. The molecule has 2 N–H and O–H groups in total. The molecule has 1 heterocycles. The van der Waals surface area contributed by atoms with Gasteiger partial charge >= 0.3 is 5.97 Å². The van der Waals surface area contributed by atoms with E-state index in [-0.39, 0.29) is 34.2 Å². The third-order valence-electron chi connectivity index (χ3n) is 3.01. The monoisotopic (exact) mass is 281 g/mol. The molecule has 0 bridgehead atoms. The number of carboxylic acid groups (broad SMARTS) is 1. The molecule has 1 unspecified atom stereocenters. The van der Waals surface area contributed by atoms with Crippen LogP contribution in [0.2, 0.25) is 5.02 Å². The third-order valence-corrected chi connectivity index (χ3v) is 3.33. The highest BCUT2D eigenvalue weighted by molar-refractivity contribution is 6.35. The van der Waals surface area contributed by atoms with Crippen LogP contribution in [0.4, 0.5) is 0 Å². The summed E-state index contributed by atoms with van der Waals surface area (Å²) in [6, 6.07) is 4.04. The molecular weight excluding hydrogens is 270 g/mol. The van der Waals surface area contributed by atoms with Crippen molar-refractivity contribution in [3.63, 3.8) is 0 Å². The molecule has 0 saturated carbocycles. The molecule has 0 fully saturated rings. The molecule has 1 aromatic carbocycles. The lowest BCUT2D eigenvalue weighted by molar-refractivity contribution is 0.0699. The average Bonchev–Trinajstić information content (AvgIpc) is 2.37. The van der Waals surface area contributed by atoms with Crippen molar-refractivity contribution >= 4 is 28.3 Å². The van der Waals surface area contributed by atoms with E-state index < -0.39 is 5.97 Å². The molecule has 0 radical (unpaired) electrons. The number of aromatic nitrogens is 1. The molecular formula is C13H12ClNO4. The van der Waals surface area contributed by atoms with Gasteiger partial charge in [0.05, 0.1) is 23.2 Å². The molecule has 0 saturated heterocycles. The van der Waals surface area contributed by atoms with Gasteiger partial charge in [0.15, 0.2) is 0 Å². The van der Waals surface area contributed by atoms with E-state index in [0.29, 0.717) is 5.39 Å². The normalized spacial score (nSPS) is 12.6. The Morgan fingerprint density at radius 1 is 1.37 bits per heavy atom. The Morgan fingerprint density at radius 2 is 2.05 bits per heavy atom. The molecule has 19 heavy (non-hydrogen) atoms. The van der Waals surface area contributed by atoms with Gasteiger partial charge in [-0.25, -0.2) is 4.79 Å². The van der Waals surface area contributed by atoms with E-state index in [1.54, 1.807) is 6.92 Å². The first kappa shape index (κ1) is 13.6. The van der Waals surface area contributed by atoms with Crippen molar-refractivity contribution in [2.24, 2.45) is 0 Å². The van der Waals surface area contributed by atoms with Crippen molar-refractivity contribution in [2.75, 3.05) is 6.61 Å². The van der Waals surface area contributed by atoms with Crippen LogP contribution in [0.15, 0.2) is 29.2 Å². The zero-order valence-corrected chi connectivity index (χ0v) is 10.9. The summed E-state index contributed by atoms with van der Waals surface area (Å²) in [5, 5.41) is 18.9. The van der Waals surface area contributed by atoms with Crippen molar-refractivity contribution in [3.8, 4) is 0 Å². The van der Waals surface area contributed by atoms with Crippen LogP contribution in [0.3, 0.4) is 0 Å². The van der Waals surface area contributed by atoms with E-state index in [4.69, 9.17) is 21.8 Å². The minimum atomic E-state index is -1.18. The van der Waals surface area contributed by atoms with Gasteiger partial charge in [0.25, 0.3) is 5.56 Å². The van der Waals surface area contributed by atoms with Gasteiger partial charge in [-0.15, -0.1) is 0 Å². The van der Waals surface area contributed by atoms with E-state index in [1.807, 2.05) is 0 Å². The fourth-order valence-electron chi connectivity index (χ4n) is 1.97. The summed E-state index contributed by atoms with van der Waals surface area (Å²) in [5.74, 6) is -1.18. The zero-order valence-electron chi connectivity index (χ0n) is 10.1. The number of carboxylic acids is 1. The van der Waals surface area contributed by atoms with Gasteiger partial charge in [0.1, 0.15) is 0 Å². The number of hydrogen-bond donors (Lipinski definition) is 2. The lowest BCUT2D eigenvalue weighted by Gasteiger charge is -2.13. The number of aromatic carboxylic acids is 1. The van der Waals surface area contributed by atoms with Gasteiger partial charge in [-0.3, -0.25) is 4.79 Å². The summed E-state index contributed by atoms with van der Waals surface area (Å²) < 4.78 is 1.36. The summed E-state index contributed by atoms with van der Waals surface area (Å²) in [5.41, 5.74) is -0.432. The highest BCUT2D eigenvalue weighted by Gasteiger charge is 2.16. The number of fused-ring (bicyclic) bond motifs is 1. The first-order valence-electron chi connectivity index (χ1n) is 5.65. The summed E-state index contributed by atoms with van der Waals surface area (Å²) in [6.07, 6.45) is 1.47. The van der Waals surface area contributed by atoms with Crippen LogP contribution in [0.5, 0.6) is 0 Å². The summed E-state index contributed by atoms with van der Waals surface area (Å²) in [4.78, 5) is 23.4. The van der Waals surface area contributed by atoms with Crippen molar-refractivity contribution < 1.29 is 15.0 Å². The van der Waals surface area contributed by atoms with E-state index in [1.165, 1.54) is 29.0 Å². The van der Waals surface area contributed by atoms with Gasteiger partial charge in [0, 0.05) is 17.0 Å². The SMILES string of the molecule is CC(CO)n1ccc2c(C(=O)O)c(Cl)ccc2c1=O. The van der Waals surface area contributed by atoms with Crippen molar-refractivity contribution in [1.82, 2.24) is 4.57 Å². The third kappa shape index (κ3) is 2.22. The van der Waals surface area contributed by atoms with Gasteiger partial charge in [0.2, 0.25) is 0 Å². The predicted octanol–water partition coefficient (Wildman–Crippen LogP) is 1.91. The highest BCUT2D eigenvalue weighted by atomic mass is 35.5. The zero-order chi connectivity index (χ0) is 14.2. The van der Waals surface area contributed by atoms with Crippen LogP contribution in [-0.2, 0) is 0 Å². The number of rotatable bonds is 3. The average molecular weight is 282 g/mol. The predicted molar refractivity (Wildman–Crippen MR) is 72.0 cm³/mol. The number of benzene rings is 1. The van der Waals surface area contributed by atoms with Crippen LogP contribution >= 0.6 is 11.6 Å². The number of pyridine rings is 1. The van der Waals surface area contributed by atoms with Crippen molar-refractivity contribution in [1.29, 1.82) is 0 Å². The maximum atomic E-state index is 12.2. The highest BCUT2D eigenvalue weighted by Crippen LogP contribution is 2.24. The van der Waals surface area contributed by atoms with Crippen molar-refractivity contribution in [3.05, 3.63) is 45.3 Å².